The van der Waals surface area contributed by atoms with Crippen LogP contribution in [-0.2, 0) is 6.54 Å². The Morgan fingerprint density at radius 1 is 1.09 bits per heavy atom. The number of nitrogens with one attached hydrogen (secondary N) is 2. The lowest BCUT2D eigenvalue weighted by atomic mass is 10.2. The largest absolute Gasteiger partial charge is 0.356 e. The molecule has 0 aliphatic heterocycles. The van der Waals surface area contributed by atoms with Crippen molar-refractivity contribution in [3.8, 4) is 12.3 Å². The van der Waals surface area contributed by atoms with Crippen LogP contribution in [0.15, 0.2) is 47.3 Å². The summed E-state index contributed by atoms with van der Waals surface area (Å²) in [5.74, 6) is 2.36. The van der Waals surface area contributed by atoms with Gasteiger partial charge in [0, 0.05) is 12.2 Å². The number of benzene rings is 2. The van der Waals surface area contributed by atoms with E-state index in [4.69, 9.17) is 6.42 Å². The summed E-state index contributed by atoms with van der Waals surface area (Å²) >= 11 is 0. The lowest BCUT2D eigenvalue weighted by Crippen LogP contribution is -2.22. The van der Waals surface area contributed by atoms with Crippen molar-refractivity contribution in [2.24, 2.45) is 0 Å². The van der Waals surface area contributed by atoms with Gasteiger partial charge in [-0.1, -0.05) is 18.1 Å². The van der Waals surface area contributed by atoms with Crippen molar-refractivity contribution in [1.29, 1.82) is 0 Å². The molecular weight excluding hydrogens is 281 g/mol. The minimum atomic E-state index is -0.265. The summed E-state index contributed by atoms with van der Waals surface area (Å²) in [6, 6.07) is 11.9. The average molecular weight is 295 g/mol. The number of imidazole rings is 1. The number of rotatable bonds is 4. The molecule has 2 aromatic carbocycles. The first-order chi connectivity index (χ1) is 10.7. The van der Waals surface area contributed by atoms with Crippen LogP contribution in [0.25, 0.3) is 11.0 Å². The second-order valence-corrected chi connectivity index (χ2v) is 5.00. The normalized spacial score (nSPS) is 10.5. The third kappa shape index (κ3) is 2.86. The molecule has 0 aliphatic carbocycles. The quantitative estimate of drug-likeness (QED) is 0.727. The van der Waals surface area contributed by atoms with E-state index < -0.39 is 0 Å². The SMILES string of the molecule is C#CCN(Cc1ccc(F)cc1)c1ccc2[nH]c(=O)[nH]c2c1. The van der Waals surface area contributed by atoms with Crippen LogP contribution in [0.3, 0.4) is 0 Å². The number of halogens is 1. The van der Waals surface area contributed by atoms with Crippen LogP contribution in [-0.4, -0.2) is 16.5 Å². The second kappa shape index (κ2) is 5.78. The molecule has 5 heteroatoms. The van der Waals surface area contributed by atoms with Crippen molar-refractivity contribution in [2.75, 3.05) is 11.4 Å². The number of H-pyrrole nitrogens is 2. The van der Waals surface area contributed by atoms with Gasteiger partial charge in [-0.25, -0.2) is 9.18 Å². The Morgan fingerprint density at radius 3 is 2.55 bits per heavy atom. The Morgan fingerprint density at radius 2 is 1.82 bits per heavy atom. The van der Waals surface area contributed by atoms with E-state index in [0.717, 1.165) is 22.3 Å². The van der Waals surface area contributed by atoms with Crippen LogP contribution in [0.1, 0.15) is 5.56 Å². The first-order valence-corrected chi connectivity index (χ1v) is 6.80. The molecule has 0 atom stereocenters. The minimum absolute atomic E-state index is 0.241. The Kier molecular flexibility index (Phi) is 3.67. The Labute approximate surface area is 126 Å². The average Bonchev–Trinajstić information content (AvgIpc) is 2.88. The Balaban J connectivity index is 1.92. The van der Waals surface area contributed by atoms with E-state index in [1.807, 2.05) is 23.1 Å². The summed E-state index contributed by atoms with van der Waals surface area (Å²) in [6.07, 6.45) is 5.45. The molecule has 1 heterocycles. The lowest BCUT2D eigenvalue weighted by Gasteiger charge is -2.22. The van der Waals surface area contributed by atoms with Gasteiger partial charge in [0.1, 0.15) is 5.82 Å². The van der Waals surface area contributed by atoms with Crippen LogP contribution in [0.5, 0.6) is 0 Å². The molecule has 0 radical (unpaired) electrons. The summed E-state index contributed by atoms with van der Waals surface area (Å²) in [5, 5.41) is 0. The predicted molar refractivity (Wildman–Crippen MR) is 85.2 cm³/mol. The highest BCUT2D eigenvalue weighted by atomic mass is 19.1. The van der Waals surface area contributed by atoms with Gasteiger partial charge in [-0.2, -0.15) is 0 Å². The smallest absolute Gasteiger partial charge is 0.323 e. The molecule has 4 nitrogen and oxygen atoms in total. The van der Waals surface area contributed by atoms with E-state index in [1.54, 1.807) is 12.1 Å². The number of anilines is 1. The molecule has 1 aromatic heterocycles. The number of aromatic amines is 2. The monoisotopic (exact) mass is 295 g/mol. The maximum absolute atomic E-state index is 13.0. The number of terminal acetylenes is 1. The molecule has 0 amide bonds. The molecule has 0 spiro atoms. The van der Waals surface area contributed by atoms with Crippen molar-refractivity contribution in [2.45, 2.75) is 6.54 Å². The number of nitrogens with zero attached hydrogens (tertiary/aromatic N) is 1. The van der Waals surface area contributed by atoms with E-state index in [2.05, 4.69) is 15.9 Å². The Hall–Kier alpha value is -3.00. The van der Waals surface area contributed by atoms with Crippen LogP contribution >= 0.6 is 0 Å². The number of hydrogen-bond donors (Lipinski definition) is 2. The summed E-state index contributed by atoms with van der Waals surface area (Å²) in [4.78, 5) is 18.7. The van der Waals surface area contributed by atoms with Crippen LogP contribution in [0.2, 0.25) is 0 Å². The zero-order valence-electron chi connectivity index (χ0n) is 11.8. The van der Waals surface area contributed by atoms with Gasteiger partial charge >= 0.3 is 5.69 Å². The number of aromatic nitrogens is 2. The van der Waals surface area contributed by atoms with Crippen molar-refractivity contribution in [3.05, 3.63) is 64.3 Å². The van der Waals surface area contributed by atoms with E-state index >= 15 is 0 Å². The van der Waals surface area contributed by atoms with Crippen molar-refractivity contribution >= 4 is 16.7 Å². The van der Waals surface area contributed by atoms with Crippen LogP contribution < -0.4 is 10.6 Å². The Bertz CT molecular complexity index is 887. The highest BCUT2D eigenvalue weighted by Crippen LogP contribution is 2.21. The van der Waals surface area contributed by atoms with Gasteiger partial charge < -0.3 is 14.9 Å². The molecule has 0 bridgehead atoms. The summed E-state index contributed by atoms with van der Waals surface area (Å²) in [6.45, 7) is 0.974. The van der Waals surface area contributed by atoms with Gasteiger partial charge in [0.15, 0.2) is 0 Å². The summed E-state index contributed by atoms with van der Waals surface area (Å²) in [7, 11) is 0. The number of hydrogen-bond acceptors (Lipinski definition) is 2. The maximum atomic E-state index is 13.0. The van der Waals surface area contributed by atoms with E-state index in [9.17, 15) is 9.18 Å². The summed E-state index contributed by atoms with van der Waals surface area (Å²) in [5.41, 5.74) is 3.08. The molecule has 110 valence electrons. The van der Waals surface area contributed by atoms with Crippen molar-refractivity contribution in [1.82, 2.24) is 9.97 Å². The minimum Gasteiger partial charge on any atom is -0.356 e. The zero-order chi connectivity index (χ0) is 15.5. The highest BCUT2D eigenvalue weighted by molar-refractivity contribution is 5.79. The summed E-state index contributed by atoms with van der Waals surface area (Å²) < 4.78 is 13.0. The van der Waals surface area contributed by atoms with E-state index in [-0.39, 0.29) is 11.5 Å². The van der Waals surface area contributed by atoms with Gasteiger partial charge in [-0.05, 0) is 35.9 Å². The molecule has 0 saturated carbocycles. The molecule has 0 fully saturated rings. The first kappa shape index (κ1) is 14.0. The molecule has 3 rings (SSSR count). The van der Waals surface area contributed by atoms with E-state index in [0.29, 0.717) is 13.1 Å². The third-order valence-electron chi connectivity index (χ3n) is 3.43. The van der Waals surface area contributed by atoms with Gasteiger partial charge in [-0.3, -0.25) is 0 Å². The van der Waals surface area contributed by atoms with Crippen LogP contribution in [0, 0.1) is 18.2 Å². The predicted octanol–water partition coefficient (Wildman–Crippen LogP) is 2.64. The fourth-order valence-corrected chi connectivity index (χ4v) is 2.38. The lowest BCUT2D eigenvalue weighted by molar-refractivity contribution is 0.627. The molecule has 2 N–H and O–H groups in total. The molecule has 0 saturated heterocycles. The first-order valence-electron chi connectivity index (χ1n) is 6.80. The van der Waals surface area contributed by atoms with Gasteiger partial charge in [-0.15, -0.1) is 6.42 Å². The topological polar surface area (TPSA) is 51.9 Å². The molecule has 3 aromatic rings. The fourth-order valence-electron chi connectivity index (χ4n) is 2.38. The highest BCUT2D eigenvalue weighted by Gasteiger charge is 2.08. The zero-order valence-corrected chi connectivity index (χ0v) is 11.8. The third-order valence-corrected chi connectivity index (χ3v) is 3.43. The molecule has 22 heavy (non-hydrogen) atoms. The van der Waals surface area contributed by atoms with Gasteiger partial charge in [0.25, 0.3) is 0 Å². The standard InChI is InChI=1S/C17H14FN3O/c1-2-9-21(11-12-3-5-13(18)6-4-12)14-7-8-15-16(10-14)20-17(22)19-15/h1,3-8,10H,9,11H2,(H2,19,20,22). The van der Waals surface area contributed by atoms with E-state index in [1.165, 1.54) is 12.1 Å². The van der Waals surface area contributed by atoms with Crippen molar-refractivity contribution < 1.29 is 4.39 Å². The molecular formula is C17H14FN3O. The number of fused-ring (bicyclic) bond motifs is 1. The fraction of sp³-hybridized carbons (Fsp3) is 0.118. The van der Waals surface area contributed by atoms with Crippen LogP contribution in [0.4, 0.5) is 10.1 Å². The van der Waals surface area contributed by atoms with Crippen molar-refractivity contribution in [3.63, 3.8) is 0 Å². The molecule has 0 aliphatic rings. The van der Waals surface area contributed by atoms with Gasteiger partial charge in [0.2, 0.25) is 0 Å². The maximum Gasteiger partial charge on any atom is 0.323 e. The molecule has 0 unspecified atom stereocenters. The second-order valence-electron chi connectivity index (χ2n) is 5.00. The van der Waals surface area contributed by atoms with Gasteiger partial charge in [0.05, 0.1) is 17.6 Å².